The van der Waals surface area contributed by atoms with Crippen molar-refractivity contribution in [3.8, 4) is 5.75 Å². The molecule has 2 rings (SSSR count). The Morgan fingerprint density at radius 2 is 1.76 bits per heavy atom. The summed E-state index contributed by atoms with van der Waals surface area (Å²) in [6, 6.07) is 7.38. The van der Waals surface area contributed by atoms with Gasteiger partial charge in [0.15, 0.2) is 6.61 Å². The molecule has 1 aromatic heterocycles. The number of ether oxygens (including phenoxy) is 3. The predicted octanol–water partition coefficient (Wildman–Crippen LogP) is 3.66. The molecule has 8 heteroatoms. The van der Waals surface area contributed by atoms with Crippen LogP contribution in [0.1, 0.15) is 39.7 Å². The second-order valence-corrected chi connectivity index (χ2v) is 7.49. The summed E-state index contributed by atoms with van der Waals surface area (Å²) >= 11 is 1.28. The Morgan fingerprint density at radius 1 is 1.07 bits per heavy atom. The number of carbonyl (C=O) groups excluding carboxylic acids is 3. The van der Waals surface area contributed by atoms with Gasteiger partial charge in [-0.2, -0.15) is 0 Å². The second kappa shape index (κ2) is 10.6. The van der Waals surface area contributed by atoms with E-state index >= 15 is 0 Å². The first-order valence-electron chi connectivity index (χ1n) is 9.21. The normalized spacial score (nSPS) is 10.3. The fraction of sp³-hybridized carbons (Fsp3) is 0.381. The topological polar surface area (TPSA) is 90.9 Å². The molecule has 0 radical (unpaired) electrons. The largest absolute Gasteiger partial charge is 0.497 e. The summed E-state index contributed by atoms with van der Waals surface area (Å²) in [4.78, 5) is 37.1. The third-order valence-electron chi connectivity index (χ3n) is 4.26. The van der Waals surface area contributed by atoms with Crippen LogP contribution in [0, 0.1) is 13.8 Å². The monoisotopic (exact) mass is 419 g/mol. The Balaban J connectivity index is 1.85. The molecule has 0 atom stereocenters. The van der Waals surface area contributed by atoms with Crippen molar-refractivity contribution in [2.75, 3.05) is 25.6 Å². The first-order valence-corrected chi connectivity index (χ1v) is 10.0. The first-order chi connectivity index (χ1) is 13.8. The van der Waals surface area contributed by atoms with Crippen molar-refractivity contribution in [1.29, 1.82) is 0 Å². The highest BCUT2D eigenvalue weighted by molar-refractivity contribution is 7.16. The summed E-state index contributed by atoms with van der Waals surface area (Å²) < 4.78 is 15.2. The molecule has 0 aliphatic rings. The quantitative estimate of drug-likeness (QED) is 0.624. The van der Waals surface area contributed by atoms with Crippen molar-refractivity contribution in [2.45, 2.75) is 33.6 Å². The lowest BCUT2D eigenvalue weighted by Gasteiger charge is -2.08. The van der Waals surface area contributed by atoms with Crippen molar-refractivity contribution >= 4 is 34.2 Å². The van der Waals surface area contributed by atoms with Gasteiger partial charge in [-0.3, -0.25) is 9.59 Å². The highest BCUT2D eigenvalue weighted by Gasteiger charge is 2.22. The zero-order valence-corrected chi connectivity index (χ0v) is 17.8. The lowest BCUT2D eigenvalue weighted by atomic mass is 10.1. The van der Waals surface area contributed by atoms with E-state index < -0.39 is 24.5 Å². The molecule has 0 spiro atoms. The Morgan fingerprint density at radius 3 is 2.38 bits per heavy atom. The van der Waals surface area contributed by atoms with Crippen molar-refractivity contribution in [1.82, 2.24) is 0 Å². The molecule has 0 saturated heterocycles. The average molecular weight is 419 g/mol. The maximum absolute atomic E-state index is 12.2. The van der Waals surface area contributed by atoms with E-state index in [0.717, 1.165) is 21.8 Å². The lowest BCUT2D eigenvalue weighted by molar-refractivity contribution is -0.147. The number of methoxy groups -OCH3 is 1. The predicted molar refractivity (Wildman–Crippen MR) is 111 cm³/mol. The minimum absolute atomic E-state index is 0.158. The number of esters is 2. The molecule has 0 aliphatic heterocycles. The van der Waals surface area contributed by atoms with E-state index in [9.17, 15) is 14.4 Å². The number of hydrogen-bond donors (Lipinski definition) is 1. The number of anilines is 1. The number of aryl methyl sites for hydroxylation is 2. The number of benzene rings is 1. The molecule has 7 nitrogen and oxygen atoms in total. The standard InChI is InChI=1S/C21H25NO6S/c1-5-27-21(25)19-13(2)14(3)29-20(19)22-17(23)12-28-18(24)11-8-15-6-9-16(26-4)10-7-15/h6-7,9-10H,5,8,11-12H2,1-4H3,(H,22,23). The summed E-state index contributed by atoms with van der Waals surface area (Å²) in [6.45, 7) is 5.20. The van der Waals surface area contributed by atoms with Crippen LogP contribution in [0.4, 0.5) is 5.00 Å². The number of amides is 1. The van der Waals surface area contributed by atoms with Gasteiger partial charge in [0.2, 0.25) is 0 Å². The number of thiophene rings is 1. The zero-order chi connectivity index (χ0) is 21.4. The molecule has 1 N–H and O–H groups in total. The van der Waals surface area contributed by atoms with Gasteiger partial charge in [0.25, 0.3) is 5.91 Å². The molecule has 29 heavy (non-hydrogen) atoms. The lowest BCUT2D eigenvalue weighted by Crippen LogP contribution is -2.22. The molecule has 2 aromatic rings. The molecular weight excluding hydrogens is 394 g/mol. The van der Waals surface area contributed by atoms with Crippen molar-refractivity contribution in [2.24, 2.45) is 0 Å². The molecule has 0 saturated carbocycles. The summed E-state index contributed by atoms with van der Waals surface area (Å²) in [5, 5.41) is 3.04. The van der Waals surface area contributed by atoms with Crippen LogP contribution in [0.5, 0.6) is 5.75 Å². The van der Waals surface area contributed by atoms with Crippen molar-refractivity contribution in [3.63, 3.8) is 0 Å². The number of hydrogen-bond acceptors (Lipinski definition) is 7. The fourth-order valence-electron chi connectivity index (χ4n) is 2.58. The number of rotatable bonds is 9. The van der Waals surface area contributed by atoms with Gasteiger partial charge in [-0.25, -0.2) is 4.79 Å². The van der Waals surface area contributed by atoms with Crippen LogP contribution in [-0.2, 0) is 25.5 Å². The maximum atomic E-state index is 12.2. The van der Waals surface area contributed by atoms with Gasteiger partial charge in [-0.1, -0.05) is 12.1 Å². The minimum atomic E-state index is -0.505. The fourth-order valence-corrected chi connectivity index (χ4v) is 3.65. The van der Waals surface area contributed by atoms with Crippen LogP contribution in [0.2, 0.25) is 0 Å². The Hall–Kier alpha value is -2.87. The van der Waals surface area contributed by atoms with E-state index in [1.54, 1.807) is 21.0 Å². The maximum Gasteiger partial charge on any atom is 0.341 e. The van der Waals surface area contributed by atoms with Gasteiger partial charge in [0, 0.05) is 11.3 Å². The summed E-state index contributed by atoms with van der Waals surface area (Å²) in [7, 11) is 1.59. The van der Waals surface area contributed by atoms with Gasteiger partial charge < -0.3 is 19.5 Å². The highest BCUT2D eigenvalue weighted by Crippen LogP contribution is 2.33. The molecule has 0 fully saturated rings. The van der Waals surface area contributed by atoms with E-state index in [4.69, 9.17) is 14.2 Å². The van der Waals surface area contributed by atoms with Crippen LogP contribution in [-0.4, -0.2) is 38.2 Å². The van der Waals surface area contributed by atoms with E-state index in [-0.39, 0.29) is 13.0 Å². The van der Waals surface area contributed by atoms with Crippen LogP contribution >= 0.6 is 11.3 Å². The number of nitrogens with one attached hydrogen (secondary N) is 1. The van der Waals surface area contributed by atoms with Crippen LogP contribution < -0.4 is 10.1 Å². The van der Waals surface area contributed by atoms with E-state index in [1.807, 2.05) is 31.2 Å². The zero-order valence-electron chi connectivity index (χ0n) is 17.0. The Labute approximate surface area is 174 Å². The molecule has 0 aliphatic carbocycles. The molecular formula is C21H25NO6S. The summed E-state index contributed by atoms with van der Waals surface area (Å²) in [5.41, 5.74) is 2.07. The smallest absolute Gasteiger partial charge is 0.341 e. The van der Waals surface area contributed by atoms with E-state index in [0.29, 0.717) is 17.0 Å². The minimum Gasteiger partial charge on any atom is -0.497 e. The third-order valence-corrected chi connectivity index (χ3v) is 5.38. The molecule has 156 valence electrons. The number of carbonyl (C=O) groups is 3. The third kappa shape index (κ3) is 6.32. The second-order valence-electron chi connectivity index (χ2n) is 6.26. The average Bonchev–Trinajstić information content (AvgIpc) is 2.98. The SMILES string of the molecule is CCOC(=O)c1c(NC(=O)COC(=O)CCc2ccc(OC)cc2)sc(C)c1C. The van der Waals surface area contributed by atoms with Gasteiger partial charge in [-0.15, -0.1) is 11.3 Å². The molecule has 1 heterocycles. The van der Waals surface area contributed by atoms with Crippen LogP contribution in [0.15, 0.2) is 24.3 Å². The molecule has 0 unspecified atom stereocenters. The van der Waals surface area contributed by atoms with Crippen molar-refractivity contribution in [3.05, 3.63) is 45.8 Å². The Bertz CT molecular complexity index is 872. The molecule has 0 bridgehead atoms. The van der Waals surface area contributed by atoms with Crippen LogP contribution in [0.3, 0.4) is 0 Å². The van der Waals surface area contributed by atoms with Crippen molar-refractivity contribution < 1.29 is 28.6 Å². The highest BCUT2D eigenvalue weighted by atomic mass is 32.1. The van der Waals surface area contributed by atoms with Gasteiger partial charge in [-0.05, 0) is 50.5 Å². The Kier molecular flexibility index (Phi) is 8.21. The van der Waals surface area contributed by atoms with Gasteiger partial charge >= 0.3 is 11.9 Å². The summed E-state index contributed by atoms with van der Waals surface area (Å²) in [5.74, 6) is -0.718. The molecule has 1 amide bonds. The first kappa shape index (κ1) is 22.4. The van der Waals surface area contributed by atoms with Gasteiger partial charge in [0.05, 0.1) is 19.3 Å². The molecule has 1 aromatic carbocycles. The van der Waals surface area contributed by atoms with Crippen LogP contribution in [0.25, 0.3) is 0 Å². The summed E-state index contributed by atoms with van der Waals surface area (Å²) in [6.07, 6.45) is 0.658. The van der Waals surface area contributed by atoms with E-state index in [1.165, 1.54) is 11.3 Å². The van der Waals surface area contributed by atoms with Gasteiger partial charge in [0.1, 0.15) is 10.8 Å². The van der Waals surface area contributed by atoms with E-state index in [2.05, 4.69) is 5.32 Å².